The standard InChI is InChI=1S/C17H25NO2S/c1-12(19)10-14-7-3-2-4-9-18(14)17(20)16-11-13-6-5-8-15(13)21-16/h11-12,14,19H,2-10H2,1H3/t12-,14+/m0/s1. The summed E-state index contributed by atoms with van der Waals surface area (Å²) in [6.45, 7) is 2.67. The fourth-order valence-electron chi connectivity index (χ4n) is 3.66. The zero-order chi connectivity index (χ0) is 14.8. The molecule has 3 nitrogen and oxygen atoms in total. The van der Waals surface area contributed by atoms with Crippen LogP contribution in [0.2, 0.25) is 0 Å². The molecule has 2 atom stereocenters. The SMILES string of the molecule is C[C@H](O)C[C@H]1CCCCCN1C(=O)c1cc2c(s1)CCC2. The van der Waals surface area contributed by atoms with Gasteiger partial charge in [-0.25, -0.2) is 0 Å². The largest absolute Gasteiger partial charge is 0.393 e. The van der Waals surface area contributed by atoms with E-state index in [9.17, 15) is 9.90 Å². The fraction of sp³-hybridized carbons (Fsp3) is 0.706. The van der Waals surface area contributed by atoms with Crippen LogP contribution in [0.1, 0.15) is 65.6 Å². The van der Waals surface area contributed by atoms with Crippen molar-refractivity contribution in [3.63, 3.8) is 0 Å². The van der Waals surface area contributed by atoms with Gasteiger partial charge in [-0.3, -0.25) is 4.79 Å². The Bertz CT molecular complexity index is 487. The molecule has 2 aliphatic rings. The summed E-state index contributed by atoms with van der Waals surface area (Å²) in [4.78, 5) is 17.3. The number of carbonyl (C=O) groups excluding carboxylic acids is 1. The van der Waals surface area contributed by atoms with E-state index in [1.165, 1.54) is 29.7 Å². The number of thiophene rings is 1. The molecule has 3 rings (SSSR count). The second-order valence-corrected chi connectivity index (χ2v) is 7.64. The predicted octanol–water partition coefficient (Wildman–Crippen LogP) is 3.39. The van der Waals surface area contributed by atoms with Crippen molar-refractivity contribution < 1.29 is 9.90 Å². The normalized spacial score (nSPS) is 23.7. The molecule has 21 heavy (non-hydrogen) atoms. The molecule has 0 unspecified atom stereocenters. The van der Waals surface area contributed by atoms with Gasteiger partial charge in [0, 0.05) is 17.5 Å². The van der Waals surface area contributed by atoms with E-state index >= 15 is 0 Å². The van der Waals surface area contributed by atoms with Crippen LogP contribution in [0.3, 0.4) is 0 Å². The summed E-state index contributed by atoms with van der Waals surface area (Å²) in [5.74, 6) is 0.196. The Balaban J connectivity index is 1.78. The molecule has 2 heterocycles. The summed E-state index contributed by atoms with van der Waals surface area (Å²) in [6, 6.07) is 2.33. The van der Waals surface area contributed by atoms with Crippen LogP contribution in [0.25, 0.3) is 0 Å². The van der Waals surface area contributed by atoms with E-state index in [-0.39, 0.29) is 18.1 Å². The zero-order valence-electron chi connectivity index (χ0n) is 12.8. The number of likely N-dealkylation sites (tertiary alicyclic amines) is 1. The van der Waals surface area contributed by atoms with E-state index in [4.69, 9.17) is 0 Å². The van der Waals surface area contributed by atoms with Crippen LogP contribution in [-0.4, -0.2) is 34.6 Å². The highest BCUT2D eigenvalue weighted by molar-refractivity contribution is 7.14. The highest BCUT2D eigenvalue weighted by Crippen LogP contribution is 2.32. The number of fused-ring (bicyclic) bond motifs is 1. The smallest absolute Gasteiger partial charge is 0.264 e. The molecule has 1 N–H and O–H groups in total. The molecule has 0 saturated carbocycles. The fourth-order valence-corrected chi connectivity index (χ4v) is 4.87. The van der Waals surface area contributed by atoms with Crippen molar-refractivity contribution in [2.45, 2.75) is 70.4 Å². The molecule has 4 heteroatoms. The summed E-state index contributed by atoms with van der Waals surface area (Å²) in [5, 5.41) is 9.73. The molecule has 1 fully saturated rings. The quantitative estimate of drug-likeness (QED) is 0.930. The van der Waals surface area contributed by atoms with Crippen LogP contribution in [-0.2, 0) is 12.8 Å². The van der Waals surface area contributed by atoms with E-state index < -0.39 is 0 Å². The molecule has 1 aliphatic carbocycles. The van der Waals surface area contributed by atoms with Crippen LogP contribution in [0.15, 0.2) is 6.07 Å². The number of hydrogen-bond acceptors (Lipinski definition) is 3. The van der Waals surface area contributed by atoms with E-state index in [0.29, 0.717) is 6.42 Å². The molecule has 1 aromatic rings. The van der Waals surface area contributed by atoms with E-state index in [1.807, 2.05) is 11.8 Å². The second-order valence-electron chi connectivity index (χ2n) is 6.50. The van der Waals surface area contributed by atoms with Gasteiger partial charge in [0.05, 0.1) is 11.0 Å². The van der Waals surface area contributed by atoms with Crippen LogP contribution in [0.4, 0.5) is 0 Å². The first-order chi connectivity index (χ1) is 10.1. The van der Waals surface area contributed by atoms with Crippen molar-refractivity contribution in [1.82, 2.24) is 4.90 Å². The summed E-state index contributed by atoms with van der Waals surface area (Å²) in [6.07, 6.45) is 8.37. The maximum Gasteiger partial charge on any atom is 0.264 e. The summed E-state index contributed by atoms with van der Waals surface area (Å²) >= 11 is 1.70. The van der Waals surface area contributed by atoms with Gasteiger partial charge in [0.2, 0.25) is 0 Å². The third-order valence-electron chi connectivity index (χ3n) is 4.71. The summed E-state index contributed by atoms with van der Waals surface area (Å²) < 4.78 is 0. The van der Waals surface area contributed by atoms with Gasteiger partial charge < -0.3 is 10.0 Å². The maximum atomic E-state index is 12.9. The number of aryl methyl sites for hydroxylation is 2. The Labute approximate surface area is 131 Å². The molecule has 116 valence electrons. The van der Waals surface area contributed by atoms with Crippen LogP contribution < -0.4 is 0 Å². The van der Waals surface area contributed by atoms with Gasteiger partial charge in [-0.05, 0) is 57.1 Å². The lowest BCUT2D eigenvalue weighted by Crippen LogP contribution is -2.41. The molecule has 0 radical (unpaired) electrons. The monoisotopic (exact) mass is 307 g/mol. The van der Waals surface area contributed by atoms with Gasteiger partial charge >= 0.3 is 0 Å². The summed E-state index contributed by atoms with van der Waals surface area (Å²) in [7, 11) is 0. The first-order valence-corrected chi connectivity index (χ1v) is 9.07. The molecule has 0 aromatic carbocycles. The topological polar surface area (TPSA) is 40.5 Å². The van der Waals surface area contributed by atoms with Gasteiger partial charge in [0.1, 0.15) is 0 Å². The number of carbonyl (C=O) groups is 1. The second kappa shape index (κ2) is 6.49. The molecule has 1 aromatic heterocycles. The first kappa shape index (κ1) is 15.0. The van der Waals surface area contributed by atoms with Crippen molar-refractivity contribution in [2.24, 2.45) is 0 Å². The van der Waals surface area contributed by atoms with Gasteiger partial charge in [0.15, 0.2) is 0 Å². The summed E-state index contributed by atoms with van der Waals surface area (Å²) in [5.41, 5.74) is 1.39. The molecule has 1 amide bonds. The Kier molecular flexibility index (Phi) is 4.65. The Hall–Kier alpha value is -0.870. The highest BCUT2D eigenvalue weighted by Gasteiger charge is 2.29. The number of nitrogens with zero attached hydrogens (tertiary/aromatic N) is 1. The van der Waals surface area contributed by atoms with Gasteiger partial charge in [-0.15, -0.1) is 11.3 Å². The Morgan fingerprint density at radius 2 is 2.24 bits per heavy atom. The lowest BCUT2D eigenvalue weighted by atomic mass is 10.0. The number of aliphatic hydroxyl groups excluding tert-OH is 1. The molecule has 1 aliphatic heterocycles. The lowest BCUT2D eigenvalue weighted by Gasteiger charge is -2.30. The van der Waals surface area contributed by atoms with Gasteiger partial charge in [0.25, 0.3) is 5.91 Å². The maximum absolute atomic E-state index is 12.9. The van der Waals surface area contributed by atoms with Gasteiger partial charge in [-0.2, -0.15) is 0 Å². The van der Waals surface area contributed by atoms with Crippen LogP contribution in [0.5, 0.6) is 0 Å². The number of amides is 1. The minimum absolute atomic E-state index is 0.196. The van der Waals surface area contributed by atoms with Crippen LogP contribution in [0, 0.1) is 0 Å². The van der Waals surface area contributed by atoms with Crippen molar-refractivity contribution in [3.8, 4) is 0 Å². The highest BCUT2D eigenvalue weighted by atomic mass is 32.1. The van der Waals surface area contributed by atoms with E-state index in [2.05, 4.69) is 6.07 Å². The van der Waals surface area contributed by atoms with Gasteiger partial charge in [-0.1, -0.05) is 12.8 Å². The predicted molar refractivity (Wildman–Crippen MR) is 85.9 cm³/mol. The van der Waals surface area contributed by atoms with Crippen molar-refractivity contribution in [1.29, 1.82) is 0 Å². The molecule has 0 spiro atoms. The molecule has 0 bridgehead atoms. The zero-order valence-corrected chi connectivity index (χ0v) is 13.6. The van der Waals surface area contributed by atoms with Crippen molar-refractivity contribution in [2.75, 3.05) is 6.54 Å². The minimum Gasteiger partial charge on any atom is -0.393 e. The number of aliphatic hydroxyl groups is 1. The molecule has 1 saturated heterocycles. The van der Waals surface area contributed by atoms with Crippen molar-refractivity contribution >= 4 is 17.2 Å². The average Bonchev–Trinajstić information content (AvgIpc) is 2.94. The molecular formula is C17H25NO2S. The third kappa shape index (κ3) is 3.32. The lowest BCUT2D eigenvalue weighted by molar-refractivity contribution is 0.0612. The molecular weight excluding hydrogens is 282 g/mol. The van der Waals surface area contributed by atoms with Crippen LogP contribution >= 0.6 is 11.3 Å². The average molecular weight is 307 g/mol. The van der Waals surface area contributed by atoms with Crippen molar-refractivity contribution in [3.05, 3.63) is 21.4 Å². The Morgan fingerprint density at radius 1 is 1.38 bits per heavy atom. The number of hydrogen-bond donors (Lipinski definition) is 1. The number of rotatable bonds is 3. The van der Waals surface area contributed by atoms with E-state index in [1.54, 1.807) is 11.3 Å². The Morgan fingerprint density at radius 3 is 3.00 bits per heavy atom. The van der Waals surface area contributed by atoms with E-state index in [0.717, 1.165) is 37.1 Å². The third-order valence-corrected chi connectivity index (χ3v) is 5.93. The minimum atomic E-state index is -0.336. The first-order valence-electron chi connectivity index (χ1n) is 8.26.